The minimum Gasteiger partial charge on any atom is -0.494 e. The number of aromatic nitrogens is 5. The molecule has 0 aliphatic rings. The number of carbonyl (C=O) groups is 3. The van der Waals surface area contributed by atoms with Gasteiger partial charge >= 0.3 is 0 Å². The van der Waals surface area contributed by atoms with Crippen LogP contribution in [0.3, 0.4) is 0 Å². The smallest absolute Gasteiger partial charge is 0.295 e. The first kappa shape index (κ1) is 37.4. The van der Waals surface area contributed by atoms with Crippen molar-refractivity contribution in [2.24, 2.45) is 11.5 Å². The third-order valence-corrected chi connectivity index (χ3v) is 9.43. The van der Waals surface area contributed by atoms with E-state index in [9.17, 15) is 14.4 Å². The number of primary amides is 2. The second-order valence-corrected chi connectivity index (χ2v) is 13.2. The van der Waals surface area contributed by atoms with Gasteiger partial charge in [-0.1, -0.05) is 19.1 Å². The van der Waals surface area contributed by atoms with E-state index in [1.54, 1.807) is 36.7 Å². The number of aryl methyl sites for hydroxylation is 2. The summed E-state index contributed by atoms with van der Waals surface area (Å²) in [6, 6.07) is 6.35. The summed E-state index contributed by atoms with van der Waals surface area (Å²) in [6.07, 6.45) is 4.31. The number of anilines is 2. The summed E-state index contributed by atoms with van der Waals surface area (Å²) in [5.41, 5.74) is 13.2. The van der Waals surface area contributed by atoms with E-state index in [0.717, 1.165) is 0 Å². The number of benzene rings is 2. The van der Waals surface area contributed by atoms with Crippen LogP contribution in [0, 0.1) is 6.92 Å². The minimum atomic E-state index is -0.727. The second-order valence-electron chi connectivity index (χ2n) is 13.2. The van der Waals surface area contributed by atoms with Gasteiger partial charge in [0.25, 0.3) is 5.91 Å². The molecule has 0 bridgehead atoms. The van der Waals surface area contributed by atoms with Crippen molar-refractivity contribution in [3.63, 3.8) is 0 Å². The van der Waals surface area contributed by atoms with E-state index in [0.29, 0.717) is 64.1 Å². The molecule has 52 heavy (non-hydrogen) atoms. The highest BCUT2D eigenvalue weighted by Crippen LogP contribution is 2.36. The van der Waals surface area contributed by atoms with E-state index in [4.69, 9.17) is 30.3 Å². The first-order valence-electron chi connectivity index (χ1n) is 16.8. The Morgan fingerprint density at radius 1 is 0.865 bits per heavy atom. The molecule has 16 heteroatoms. The number of nitrogens with zero attached hydrogens (tertiary/aromatic N) is 5. The number of allylic oxidation sites excluding steroid dienone is 2. The lowest BCUT2D eigenvalue weighted by atomic mass is 9.86. The number of amides is 3. The van der Waals surface area contributed by atoms with E-state index in [1.165, 1.54) is 13.2 Å². The molecular formula is C36H46N10O6. The number of carbonyl (C=O) groups excluding carboxylic acids is 3. The van der Waals surface area contributed by atoms with E-state index >= 15 is 0 Å². The third-order valence-electron chi connectivity index (χ3n) is 9.43. The van der Waals surface area contributed by atoms with Crippen molar-refractivity contribution in [2.75, 3.05) is 31.8 Å². The van der Waals surface area contributed by atoms with Crippen molar-refractivity contribution < 1.29 is 28.3 Å². The summed E-state index contributed by atoms with van der Waals surface area (Å²) >= 11 is 0. The fourth-order valence-electron chi connectivity index (χ4n) is 5.73. The topological polar surface area (TPSA) is 219 Å². The first-order chi connectivity index (χ1) is 24.5. The average Bonchev–Trinajstić information content (AvgIpc) is 3.77. The number of fused-ring (bicyclic) bond motifs is 2. The van der Waals surface area contributed by atoms with Crippen molar-refractivity contribution in [3.05, 3.63) is 64.9 Å². The molecule has 276 valence electrons. The van der Waals surface area contributed by atoms with Crippen LogP contribution in [0.15, 0.2) is 40.8 Å². The van der Waals surface area contributed by atoms with Gasteiger partial charge in [-0.15, -0.1) is 0 Å². The highest BCUT2D eigenvalue weighted by Gasteiger charge is 2.39. The summed E-state index contributed by atoms with van der Waals surface area (Å²) in [5, 5.41) is 9.28. The Kier molecular flexibility index (Phi) is 10.3. The molecule has 7 N–H and O–H groups in total. The number of ether oxygens (including phenoxy) is 2. The monoisotopic (exact) mass is 714 g/mol. The van der Waals surface area contributed by atoms with Crippen molar-refractivity contribution in [1.29, 1.82) is 0 Å². The summed E-state index contributed by atoms with van der Waals surface area (Å²) in [4.78, 5) is 51.6. The molecule has 0 atom stereocenters. The molecule has 3 heterocycles. The zero-order chi connectivity index (χ0) is 38.1. The van der Waals surface area contributed by atoms with Crippen LogP contribution in [0.25, 0.3) is 22.1 Å². The Morgan fingerprint density at radius 2 is 1.40 bits per heavy atom. The maximum Gasteiger partial charge on any atom is 0.295 e. The summed E-state index contributed by atoms with van der Waals surface area (Å²) in [7, 11) is 5.09. The molecule has 0 aliphatic heterocycles. The van der Waals surface area contributed by atoms with Gasteiger partial charge in [0, 0.05) is 38.2 Å². The van der Waals surface area contributed by atoms with Gasteiger partial charge in [-0.3, -0.25) is 19.7 Å². The molecule has 5 aromatic rings. The number of nitrogens with one attached hydrogen (secondary N) is 3. The SMILES string of the molecule is CCc1nc(C)oc1C(=O)Nc1nc2cc(C(N)=O)cc(OC)c2n1C/C=C/Cn1c(NC)nc2cc(C(N)=O)cc(OC(C)(C)C(C)(C)NC)c21. The zero-order valence-electron chi connectivity index (χ0n) is 30.9. The number of hydrogen-bond acceptors (Lipinski definition) is 11. The fourth-order valence-corrected chi connectivity index (χ4v) is 5.73. The molecule has 5 rings (SSSR count). The Morgan fingerprint density at radius 3 is 1.92 bits per heavy atom. The third kappa shape index (κ3) is 7.01. The van der Waals surface area contributed by atoms with E-state index in [-0.39, 0.29) is 29.4 Å². The van der Waals surface area contributed by atoms with Gasteiger partial charge in [0.1, 0.15) is 28.1 Å². The summed E-state index contributed by atoms with van der Waals surface area (Å²) in [5.74, 6) is 0.186. The van der Waals surface area contributed by atoms with Crippen LogP contribution >= 0.6 is 0 Å². The molecule has 0 aliphatic carbocycles. The van der Waals surface area contributed by atoms with Gasteiger partial charge in [0.15, 0.2) is 5.89 Å². The van der Waals surface area contributed by atoms with Crippen LogP contribution < -0.4 is 36.9 Å². The zero-order valence-corrected chi connectivity index (χ0v) is 30.9. The van der Waals surface area contributed by atoms with Crippen molar-refractivity contribution in [2.45, 2.75) is 72.2 Å². The molecule has 0 unspecified atom stereocenters. The first-order valence-corrected chi connectivity index (χ1v) is 16.8. The number of hydrogen-bond donors (Lipinski definition) is 5. The molecular weight excluding hydrogens is 668 g/mol. The number of nitrogens with two attached hydrogens (primary N) is 2. The van der Waals surface area contributed by atoms with Crippen LogP contribution in [0.2, 0.25) is 0 Å². The highest BCUT2D eigenvalue weighted by atomic mass is 16.5. The molecule has 3 amide bonds. The van der Waals surface area contributed by atoms with Gasteiger partial charge in [0.2, 0.25) is 29.5 Å². The number of methoxy groups -OCH3 is 1. The minimum absolute atomic E-state index is 0.0873. The number of likely N-dealkylation sites (N-methyl/N-ethyl adjacent to an activating group) is 1. The Hall–Kier alpha value is -5.90. The normalized spacial score (nSPS) is 12.2. The molecule has 2 aromatic carbocycles. The largest absolute Gasteiger partial charge is 0.494 e. The van der Waals surface area contributed by atoms with E-state index in [1.807, 2.05) is 58.4 Å². The highest BCUT2D eigenvalue weighted by molar-refractivity contribution is 6.04. The predicted molar refractivity (Wildman–Crippen MR) is 198 cm³/mol. The average molecular weight is 715 g/mol. The number of oxazole rings is 1. The quantitative estimate of drug-likeness (QED) is 0.0970. The van der Waals surface area contributed by atoms with Gasteiger partial charge in [-0.25, -0.2) is 15.0 Å². The van der Waals surface area contributed by atoms with E-state index < -0.39 is 28.9 Å². The maximum atomic E-state index is 13.4. The van der Waals surface area contributed by atoms with Crippen molar-refractivity contribution >= 4 is 51.7 Å². The number of imidazole rings is 2. The van der Waals surface area contributed by atoms with E-state index in [2.05, 4.69) is 25.9 Å². The Bertz CT molecular complexity index is 2210. The maximum absolute atomic E-state index is 13.4. The van der Waals surface area contributed by atoms with Crippen molar-refractivity contribution in [1.82, 2.24) is 29.4 Å². The van der Waals surface area contributed by atoms with Gasteiger partial charge in [-0.05, 0) is 65.4 Å². The molecule has 0 saturated heterocycles. The fraction of sp³-hybridized carbons (Fsp3) is 0.389. The molecule has 16 nitrogen and oxygen atoms in total. The van der Waals surface area contributed by atoms with Crippen LogP contribution in [0.5, 0.6) is 11.5 Å². The lowest BCUT2D eigenvalue weighted by molar-refractivity contribution is 0.0251. The van der Waals surface area contributed by atoms with Crippen LogP contribution in [-0.4, -0.2) is 74.2 Å². The van der Waals surface area contributed by atoms with Crippen LogP contribution in [0.4, 0.5) is 11.9 Å². The lowest BCUT2D eigenvalue weighted by Gasteiger charge is -2.41. The van der Waals surface area contributed by atoms with Crippen LogP contribution in [0.1, 0.15) is 77.5 Å². The molecule has 0 radical (unpaired) electrons. The standard InChI is InChI=1S/C36H46N10O6/c1-10-22-29(51-19(2)41-22)32(49)44-34-43-23-15-20(30(37)47)17-25(50-9)27(23)46(34)14-12-11-13-45-28-24(42-33(45)39-7)16-21(31(38)48)18-26(28)52-36(5,6)35(3,4)40-8/h11-12,15-18,40H,10,13-14H2,1-9H3,(H2,37,47)(H2,38,48)(H,39,42)(H,43,44,49)/b12-11+. The predicted octanol–water partition coefficient (Wildman–Crippen LogP) is 4.16. The Balaban J connectivity index is 1.56. The van der Waals surface area contributed by atoms with Crippen LogP contribution in [-0.2, 0) is 19.5 Å². The molecule has 0 spiro atoms. The van der Waals surface area contributed by atoms with Gasteiger partial charge < -0.3 is 45.1 Å². The molecule has 0 fully saturated rings. The molecule has 3 aromatic heterocycles. The summed E-state index contributed by atoms with van der Waals surface area (Å²) in [6.45, 7) is 12.1. The van der Waals surface area contributed by atoms with Crippen molar-refractivity contribution in [3.8, 4) is 11.5 Å². The summed E-state index contributed by atoms with van der Waals surface area (Å²) < 4.78 is 21.6. The molecule has 0 saturated carbocycles. The second kappa shape index (κ2) is 14.4. The number of rotatable bonds is 15. The Labute approximate surface area is 300 Å². The van der Waals surface area contributed by atoms with Gasteiger partial charge in [0.05, 0.1) is 29.4 Å². The van der Waals surface area contributed by atoms with Gasteiger partial charge in [-0.2, -0.15) is 0 Å². The lowest BCUT2D eigenvalue weighted by Crippen LogP contribution is -2.57.